The molecule has 0 saturated heterocycles. The molecule has 1 aromatic heterocycles. The molecule has 0 unspecified atom stereocenters. The van der Waals surface area contributed by atoms with Crippen LogP contribution in [0.5, 0.6) is 0 Å². The van der Waals surface area contributed by atoms with E-state index in [0.29, 0.717) is 18.7 Å². The van der Waals surface area contributed by atoms with E-state index in [9.17, 15) is 13.2 Å². The molecule has 1 amide bonds. The van der Waals surface area contributed by atoms with Gasteiger partial charge in [-0.2, -0.15) is 4.31 Å². The minimum Gasteiger partial charge on any atom is -0.349 e. The molecular weight excluding hydrogens is 344 g/mol. The Bertz CT molecular complexity index is 885. The number of nitrogens with one attached hydrogen (secondary N) is 1. The summed E-state index contributed by atoms with van der Waals surface area (Å²) in [6, 6.07) is 8.57. The van der Waals surface area contributed by atoms with Crippen molar-refractivity contribution in [2.24, 2.45) is 0 Å². The normalized spacial score (nSPS) is 18.2. The second-order valence-corrected chi connectivity index (χ2v) is 9.17. The van der Waals surface area contributed by atoms with Gasteiger partial charge in [0.25, 0.3) is 5.91 Å². The van der Waals surface area contributed by atoms with Crippen molar-refractivity contribution in [3.05, 3.63) is 51.7 Å². The molecule has 4 rings (SSSR count). The van der Waals surface area contributed by atoms with Gasteiger partial charge in [0.2, 0.25) is 10.0 Å². The maximum atomic E-state index is 12.9. The first-order valence-electron chi connectivity index (χ1n) is 8.00. The number of carbonyl (C=O) groups is 1. The van der Waals surface area contributed by atoms with Crippen LogP contribution < -0.4 is 5.32 Å². The Balaban J connectivity index is 1.59. The Morgan fingerprint density at radius 2 is 2.08 bits per heavy atom. The van der Waals surface area contributed by atoms with Crippen molar-refractivity contribution in [1.29, 1.82) is 0 Å². The number of thiophene rings is 1. The highest BCUT2D eigenvalue weighted by atomic mass is 32.2. The molecule has 24 heavy (non-hydrogen) atoms. The third-order valence-electron chi connectivity index (χ3n) is 4.42. The summed E-state index contributed by atoms with van der Waals surface area (Å²) in [5.41, 5.74) is 1.48. The lowest BCUT2D eigenvalue weighted by atomic mass is 10.1. The molecule has 2 aromatic rings. The van der Waals surface area contributed by atoms with Crippen LogP contribution >= 0.6 is 11.3 Å². The first-order valence-corrected chi connectivity index (χ1v) is 10.3. The van der Waals surface area contributed by atoms with E-state index in [1.165, 1.54) is 15.2 Å². The number of benzene rings is 1. The van der Waals surface area contributed by atoms with Gasteiger partial charge >= 0.3 is 0 Å². The van der Waals surface area contributed by atoms with E-state index in [-0.39, 0.29) is 16.8 Å². The third-order valence-corrected chi connectivity index (χ3v) is 7.28. The van der Waals surface area contributed by atoms with Crippen LogP contribution in [-0.4, -0.2) is 31.2 Å². The quantitative estimate of drug-likeness (QED) is 0.908. The van der Waals surface area contributed by atoms with Crippen LogP contribution in [0.3, 0.4) is 0 Å². The second-order valence-electron chi connectivity index (χ2n) is 6.23. The van der Waals surface area contributed by atoms with Gasteiger partial charge in [0.15, 0.2) is 0 Å². The van der Waals surface area contributed by atoms with Crippen molar-refractivity contribution >= 4 is 27.3 Å². The number of hydrogen-bond acceptors (Lipinski definition) is 4. The molecule has 1 saturated carbocycles. The lowest BCUT2D eigenvalue weighted by molar-refractivity contribution is 0.0951. The lowest BCUT2D eigenvalue weighted by Gasteiger charge is -2.26. The first kappa shape index (κ1) is 15.8. The first-order chi connectivity index (χ1) is 11.5. The summed E-state index contributed by atoms with van der Waals surface area (Å²) in [5, 5.41) is 4.90. The van der Waals surface area contributed by atoms with Crippen molar-refractivity contribution < 1.29 is 13.2 Å². The topological polar surface area (TPSA) is 66.5 Å². The van der Waals surface area contributed by atoms with Gasteiger partial charge in [-0.05, 0) is 54.5 Å². The van der Waals surface area contributed by atoms with Gasteiger partial charge < -0.3 is 5.32 Å². The number of carbonyl (C=O) groups excluding carboxylic acids is 1. The molecule has 1 aliphatic heterocycles. The average Bonchev–Trinajstić information content (AvgIpc) is 3.27. The average molecular weight is 362 g/mol. The van der Waals surface area contributed by atoms with E-state index in [1.54, 1.807) is 29.5 Å². The predicted octanol–water partition coefficient (Wildman–Crippen LogP) is 2.39. The molecule has 1 aromatic carbocycles. The second kappa shape index (κ2) is 5.98. The van der Waals surface area contributed by atoms with Gasteiger partial charge in [-0.3, -0.25) is 4.79 Å². The molecule has 7 heteroatoms. The molecule has 2 aliphatic rings. The predicted molar refractivity (Wildman–Crippen MR) is 92.5 cm³/mol. The Hall–Kier alpha value is -1.70. The van der Waals surface area contributed by atoms with E-state index in [1.807, 2.05) is 11.4 Å². The largest absolute Gasteiger partial charge is 0.349 e. The van der Waals surface area contributed by atoms with Crippen LogP contribution in [0, 0.1) is 0 Å². The molecule has 0 radical (unpaired) electrons. The molecule has 1 fully saturated rings. The zero-order valence-corrected chi connectivity index (χ0v) is 14.7. The van der Waals surface area contributed by atoms with Gasteiger partial charge in [0.1, 0.15) is 0 Å². The highest BCUT2D eigenvalue weighted by Crippen LogP contribution is 2.28. The summed E-state index contributed by atoms with van der Waals surface area (Å²) >= 11 is 1.68. The summed E-state index contributed by atoms with van der Waals surface area (Å²) < 4.78 is 27.4. The Labute approximate surface area is 145 Å². The number of rotatable bonds is 4. The van der Waals surface area contributed by atoms with Crippen molar-refractivity contribution in [2.75, 3.05) is 6.54 Å². The van der Waals surface area contributed by atoms with E-state index >= 15 is 0 Å². The van der Waals surface area contributed by atoms with Crippen molar-refractivity contribution in [2.45, 2.75) is 36.7 Å². The van der Waals surface area contributed by atoms with Gasteiger partial charge in [-0.15, -0.1) is 11.3 Å². The zero-order valence-electron chi connectivity index (χ0n) is 13.1. The summed E-state index contributed by atoms with van der Waals surface area (Å²) in [7, 11) is -3.59. The fourth-order valence-corrected chi connectivity index (χ4v) is 5.23. The van der Waals surface area contributed by atoms with Crippen molar-refractivity contribution in [1.82, 2.24) is 9.62 Å². The van der Waals surface area contributed by atoms with Crippen LogP contribution in [0.25, 0.3) is 0 Å². The number of nitrogens with zero attached hydrogens (tertiary/aromatic N) is 1. The Kier molecular flexibility index (Phi) is 3.94. The molecule has 126 valence electrons. The fourth-order valence-electron chi connectivity index (χ4n) is 2.87. The molecule has 5 nitrogen and oxygen atoms in total. The highest BCUT2D eigenvalue weighted by Gasteiger charge is 2.30. The van der Waals surface area contributed by atoms with Gasteiger partial charge in [0, 0.05) is 29.6 Å². The van der Waals surface area contributed by atoms with Crippen LogP contribution in [-0.2, 0) is 23.0 Å². The Morgan fingerprint density at radius 3 is 2.88 bits per heavy atom. The van der Waals surface area contributed by atoms with Crippen LogP contribution in [0.1, 0.15) is 33.6 Å². The highest BCUT2D eigenvalue weighted by molar-refractivity contribution is 7.89. The maximum absolute atomic E-state index is 12.9. The minimum atomic E-state index is -3.59. The van der Waals surface area contributed by atoms with E-state index in [4.69, 9.17) is 0 Å². The van der Waals surface area contributed by atoms with Gasteiger partial charge in [-0.1, -0.05) is 6.07 Å². The van der Waals surface area contributed by atoms with Gasteiger partial charge in [0.05, 0.1) is 4.90 Å². The lowest BCUT2D eigenvalue weighted by Crippen LogP contribution is -2.35. The molecule has 1 N–H and O–H groups in total. The zero-order chi connectivity index (χ0) is 16.7. The summed E-state index contributed by atoms with van der Waals surface area (Å²) in [6.45, 7) is 0.883. The monoisotopic (exact) mass is 362 g/mol. The minimum absolute atomic E-state index is 0.185. The third kappa shape index (κ3) is 2.99. The molecule has 1 aliphatic carbocycles. The fraction of sp³-hybridized carbons (Fsp3) is 0.353. The van der Waals surface area contributed by atoms with Crippen LogP contribution in [0.4, 0.5) is 0 Å². The van der Waals surface area contributed by atoms with E-state index in [2.05, 4.69) is 5.32 Å². The van der Waals surface area contributed by atoms with Crippen molar-refractivity contribution in [3.63, 3.8) is 0 Å². The molecule has 0 bridgehead atoms. The molecule has 0 spiro atoms. The summed E-state index contributed by atoms with van der Waals surface area (Å²) in [5.74, 6) is -0.201. The molecular formula is C17H18N2O3S2. The molecule has 0 atom stereocenters. The Morgan fingerprint density at radius 1 is 1.25 bits per heavy atom. The molecule has 2 heterocycles. The summed E-state index contributed by atoms with van der Waals surface area (Å²) in [6.07, 6.45) is 2.75. The SMILES string of the molecule is O=C(NC1CC1)c1cccc(S(=O)(=O)N2CCc3sccc3C2)c1. The number of sulfonamides is 1. The van der Waals surface area contributed by atoms with Crippen LogP contribution in [0.2, 0.25) is 0 Å². The van der Waals surface area contributed by atoms with Crippen LogP contribution in [0.15, 0.2) is 40.6 Å². The number of hydrogen-bond donors (Lipinski definition) is 1. The maximum Gasteiger partial charge on any atom is 0.251 e. The van der Waals surface area contributed by atoms with E-state index < -0.39 is 10.0 Å². The standard InChI is InChI=1S/C17H18N2O3S2/c20-17(18-14-4-5-14)12-2-1-3-15(10-12)24(21,22)19-8-6-16-13(11-19)7-9-23-16/h1-3,7,9-10,14H,4-6,8,11H2,(H,18,20). The van der Waals surface area contributed by atoms with Gasteiger partial charge in [-0.25, -0.2) is 8.42 Å². The van der Waals surface area contributed by atoms with E-state index in [0.717, 1.165) is 24.8 Å². The number of fused-ring (bicyclic) bond motifs is 1. The van der Waals surface area contributed by atoms with Crippen molar-refractivity contribution in [3.8, 4) is 0 Å². The smallest absolute Gasteiger partial charge is 0.251 e. The number of amides is 1. The summed E-state index contributed by atoms with van der Waals surface area (Å²) in [4.78, 5) is 13.6.